The summed E-state index contributed by atoms with van der Waals surface area (Å²) in [5.41, 5.74) is 0.0278. The van der Waals surface area contributed by atoms with Crippen LogP contribution in [0.5, 0.6) is 5.88 Å². The van der Waals surface area contributed by atoms with Crippen LogP contribution in [0.1, 0.15) is 34.3 Å². The number of carbonyl (C=O) groups is 3. The molecule has 2 N–H and O–H groups in total. The second-order valence-electron chi connectivity index (χ2n) is 7.81. The van der Waals surface area contributed by atoms with E-state index in [-0.39, 0.29) is 17.6 Å². The molecule has 1 unspecified atom stereocenters. The van der Waals surface area contributed by atoms with Gasteiger partial charge in [0.2, 0.25) is 5.88 Å². The van der Waals surface area contributed by atoms with Gasteiger partial charge in [-0.3, -0.25) is 14.9 Å². The number of nitrogens with zero attached hydrogens (tertiary/aromatic N) is 2. The van der Waals surface area contributed by atoms with Gasteiger partial charge in [-0.25, -0.2) is 14.2 Å². The van der Waals surface area contributed by atoms with E-state index >= 15 is 0 Å². The van der Waals surface area contributed by atoms with Gasteiger partial charge in [0.1, 0.15) is 12.8 Å². The molecule has 31 heavy (non-hydrogen) atoms. The molecule has 2 fully saturated rings. The summed E-state index contributed by atoms with van der Waals surface area (Å²) >= 11 is 0. The second-order valence-corrected chi connectivity index (χ2v) is 7.81. The Balaban J connectivity index is 1.37. The van der Waals surface area contributed by atoms with Gasteiger partial charge in [0.05, 0.1) is 0 Å². The predicted octanol–water partition coefficient (Wildman–Crippen LogP) is 2.08. The van der Waals surface area contributed by atoms with Crippen LogP contribution >= 0.6 is 0 Å². The number of rotatable bonds is 5. The quantitative estimate of drug-likeness (QED) is 0.713. The van der Waals surface area contributed by atoms with Gasteiger partial charge >= 0.3 is 6.03 Å². The SMILES string of the molecule is Cc1ccc(OC2CCN(C(=O)c3ccc(C4(CF)NC(=O)NC4=O)cc3)CC2)nc1. The first-order valence-electron chi connectivity index (χ1n) is 10.1. The van der Waals surface area contributed by atoms with Crippen LogP contribution in [0.25, 0.3) is 0 Å². The summed E-state index contributed by atoms with van der Waals surface area (Å²) in [6.07, 6.45) is 3.13. The fraction of sp³-hybridized carbons (Fsp3) is 0.364. The molecule has 1 atom stereocenters. The predicted molar refractivity (Wildman–Crippen MR) is 109 cm³/mol. The maximum absolute atomic E-state index is 13.7. The summed E-state index contributed by atoms with van der Waals surface area (Å²) in [6.45, 7) is 1.97. The molecule has 0 radical (unpaired) electrons. The third-order valence-corrected chi connectivity index (χ3v) is 5.67. The van der Waals surface area contributed by atoms with Gasteiger partial charge in [-0.1, -0.05) is 18.2 Å². The van der Waals surface area contributed by atoms with Gasteiger partial charge in [0, 0.05) is 43.8 Å². The Labute approximate surface area is 178 Å². The number of aromatic nitrogens is 1. The number of benzene rings is 1. The molecule has 0 spiro atoms. The van der Waals surface area contributed by atoms with E-state index in [9.17, 15) is 18.8 Å². The number of carbonyl (C=O) groups excluding carboxylic acids is 3. The van der Waals surface area contributed by atoms with Gasteiger partial charge in [-0.05, 0) is 30.2 Å². The smallest absolute Gasteiger partial charge is 0.322 e. The molecule has 1 aromatic heterocycles. The number of imide groups is 1. The molecular formula is C22H23FN4O4. The number of amides is 4. The number of hydrogen-bond donors (Lipinski definition) is 2. The number of piperidine rings is 1. The number of ether oxygens (including phenoxy) is 1. The van der Waals surface area contributed by atoms with Crippen molar-refractivity contribution in [3.05, 3.63) is 59.3 Å². The Bertz CT molecular complexity index is 988. The number of hydrogen-bond acceptors (Lipinski definition) is 5. The Kier molecular flexibility index (Phi) is 5.58. The zero-order valence-electron chi connectivity index (χ0n) is 17.1. The summed E-state index contributed by atoms with van der Waals surface area (Å²) in [7, 11) is 0. The van der Waals surface area contributed by atoms with E-state index in [1.54, 1.807) is 23.2 Å². The Morgan fingerprint density at radius 3 is 2.45 bits per heavy atom. The summed E-state index contributed by atoms with van der Waals surface area (Å²) in [5, 5.41) is 4.38. The molecule has 0 bridgehead atoms. The Hall–Kier alpha value is -3.49. The monoisotopic (exact) mass is 426 g/mol. The molecule has 2 aromatic rings. The molecule has 4 amide bonds. The van der Waals surface area contributed by atoms with Crippen LogP contribution in [-0.4, -0.2) is 53.6 Å². The zero-order valence-corrected chi connectivity index (χ0v) is 17.1. The van der Waals surface area contributed by atoms with Crippen molar-refractivity contribution in [3.8, 4) is 5.88 Å². The van der Waals surface area contributed by atoms with Crippen LogP contribution in [0.4, 0.5) is 9.18 Å². The van der Waals surface area contributed by atoms with Crippen LogP contribution < -0.4 is 15.4 Å². The van der Waals surface area contributed by atoms with E-state index in [2.05, 4.69) is 10.3 Å². The first-order valence-corrected chi connectivity index (χ1v) is 10.1. The summed E-state index contributed by atoms with van der Waals surface area (Å²) in [4.78, 5) is 42.4. The molecular weight excluding hydrogens is 403 g/mol. The fourth-order valence-electron chi connectivity index (χ4n) is 3.82. The van der Waals surface area contributed by atoms with Crippen molar-refractivity contribution in [2.24, 2.45) is 0 Å². The third-order valence-electron chi connectivity index (χ3n) is 5.67. The first-order chi connectivity index (χ1) is 14.9. The summed E-state index contributed by atoms with van der Waals surface area (Å²) in [6, 6.07) is 9.13. The highest BCUT2D eigenvalue weighted by Crippen LogP contribution is 2.27. The highest BCUT2D eigenvalue weighted by atomic mass is 19.1. The molecule has 4 rings (SSSR count). The minimum atomic E-state index is -1.75. The lowest BCUT2D eigenvalue weighted by molar-refractivity contribution is -0.124. The maximum Gasteiger partial charge on any atom is 0.322 e. The van der Waals surface area contributed by atoms with E-state index in [1.807, 2.05) is 24.4 Å². The van der Waals surface area contributed by atoms with E-state index in [1.165, 1.54) is 12.1 Å². The Morgan fingerprint density at radius 1 is 1.19 bits per heavy atom. The third kappa shape index (κ3) is 4.08. The van der Waals surface area contributed by atoms with E-state index in [0.717, 1.165) is 5.56 Å². The highest BCUT2D eigenvalue weighted by Gasteiger charge is 2.48. The van der Waals surface area contributed by atoms with Crippen molar-refractivity contribution in [2.45, 2.75) is 31.4 Å². The standard InChI is InChI=1S/C22H23FN4O4/c1-14-2-7-18(24-12-14)31-17-8-10-27(11-9-17)19(28)15-3-5-16(6-4-15)22(13-23)20(29)25-21(30)26-22/h2-7,12,17H,8-11,13H2,1H3,(H2,25,26,29,30). The lowest BCUT2D eigenvalue weighted by atomic mass is 9.90. The van der Waals surface area contributed by atoms with Crippen molar-refractivity contribution < 1.29 is 23.5 Å². The molecule has 2 aliphatic rings. The van der Waals surface area contributed by atoms with Gasteiger partial charge in [0.15, 0.2) is 5.54 Å². The van der Waals surface area contributed by atoms with Crippen LogP contribution in [0.15, 0.2) is 42.6 Å². The molecule has 2 aliphatic heterocycles. The number of alkyl halides is 1. The molecule has 1 aromatic carbocycles. The highest BCUT2D eigenvalue weighted by molar-refractivity contribution is 6.07. The van der Waals surface area contributed by atoms with Gasteiger partial charge in [-0.2, -0.15) is 0 Å². The van der Waals surface area contributed by atoms with Crippen LogP contribution in [0.2, 0.25) is 0 Å². The van der Waals surface area contributed by atoms with E-state index in [4.69, 9.17) is 4.74 Å². The number of nitrogens with one attached hydrogen (secondary N) is 2. The number of aryl methyl sites for hydroxylation is 1. The fourth-order valence-corrected chi connectivity index (χ4v) is 3.82. The van der Waals surface area contributed by atoms with E-state index in [0.29, 0.717) is 37.4 Å². The van der Waals surface area contributed by atoms with Gasteiger partial charge in [-0.15, -0.1) is 0 Å². The Morgan fingerprint density at radius 2 is 1.90 bits per heavy atom. The molecule has 162 valence electrons. The summed E-state index contributed by atoms with van der Waals surface area (Å²) in [5.74, 6) is -0.312. The van der Waals surface area contributed by atoms with Crippen LogP contribution in [-0.2, 0) is 10.3 Å². The van der Waals surface area contributed by atoms with Crippen molar-refractivity contribution >= 4 is 17.8 Å². The van der Waals surface area contributed by atoms with E-state index < -0.39 is 24.2 Å². The minimum absolute atomic E-state index is 0.00413. The topological polar surface area (TPSA) is 101 Å². The average Bonchev–Trinajstić information content (AvgIpc) is 3.09. The maximum atomic E-state index is 13.7. The molecule has 9 heteroatoms. The largest absolute Gasteiger partial charge is 0.474 e. The molecule has 0 aliphatic carbocycles. The second kappa shape index (κ2) is 8.33. The number of likely N-dealkylation sites (tertiary alicyclic amines) is 1. The normalized spacial score (nSPS) is 21.5. The average molecular weight is 426 g/mol. The lowest BCUT2D eigenvalue weighted by Gasteiger charge is -2.32. The molecule has 3 heterocycles. The number of pyridine rings is 1. The van der Waals surface area contributed by atoms with Crippen molar-refractivity contribution in [3.63, 3.8) is 0 Å². The van der Waals surface area contributed by atoms with Crippen LogP contribution in [0.3, 0.4) is 0 Å². The van der Waals surface area contributed by atoms with Crippen molar-refractivity contribution in [2.75, 3.05) is 19.8 Å². The summed E-state index contributed by atoms with van der Waals surface area (Å²) < 4.78 is 19.6. The minimum Gasteiger partial charge on any atom is -0.474 e. The molecule has 8 nitrogen and oxygen atoms in total. The number of halogens is 1. The number of urea groups is 1. The van der Waals surface area contributed by atoms with Gasteiger partial charge in [0.25, 0.3) is 11.8 Å². The zero-order chi connectivity index (χ0) is 22.0. The van der Waals surface area contributed by atoms with Crippen molar-refractivity contribution in [1.82, 2.24) is 20.5 Å². The van der Waals surface area contributed by atoms with Crippen LogP contribution in [0, 0.1) is 6.92 Å². The molecule has 2 saturated heterocycles. The van der Waals surface area contributed by atoms with Crippen molar-refractivity contribution in [1.29, 1.82) is 0 Å². The van der Waals surface area contributed by atoms with Gasteiger partial charge < -0.3 is 15.0 Å². The first kappa shape index (κ1) is 20.8. The molecule has 0 saturated carbocycles. The lowest BCUT2D eigenvalue weighted by Crippen LogP contribution is -2.46.